The van der Waals surface area contributed by atoms with Gasteiger partial charge in [0, 0.05) is 31.2 Å². The third-order valence-corrected chi connectivity index (χ3v) is 6.64. The number of hydrogen-bond acceptors (Lipinski definition) is 5. The molecule has 0 N–H and O–H groups in total. The molecule has 1 aliphatic rings. The van der Waals surface area contributed by atoms with E-state index in [9.17, 15) is 21.6 Å². The summed E-state index contributed by atoms with van der Waals surface area (Å²) in [5, 5.41) is 3.34. The van der Waals surface area contributed by atoms with Gasteiger partial charge in [-0.3, -0.25) is 0 Å². The zero-order valence-corrected chi connectivity index (χ0v) is 16.3. The standard InChI is InChI=1S/C17H21F3N4O3S/c1-12(2)24(28(25,26)23-9-3-4-10-23)11-13-5-7-14(8-6-13)15-21-16(27-22-15)17(18,19)20/h5-8,12H,3-4,9-11H2,1-2H3. The first-order chi connectivity index (χ1) is 13.1. The van der Waals surface area contributed by atoms with E-state index in [1.807, 2.05) is 0 Å². The fourth-order valence-corrected chi connectivity index (χ4v) is 4.85. The van der Waals surface area contributed by atoms with Crippen LogP contribution >= 0.6 is 0 Å². The molecule has 1 aromatic carbocycles. The van der Waals surface area contributed by atoms with Crippen molar-refractivity contribution in [3.8, 4) is 11.4 Å². The molecular weight excluding hydrogens is 397 g/mol. The summed E-state index contributed by atoms with van der Waals surface area (Å²) in [5.41, 5.74) is 1.06. The molecule has 0 saturated carbocycles. The Morgan fingerprint density at radius 1 is 1.18 bits per heavy atom. The van der Waals surface area contributed by atoms with Gasteiger partial charge >= 0.3 is 12.1 Å². The van der Waals surface area contributed by atoms with Crippen LogP contribution in [0.5, 0.6) is 0 Å². The third-order valence-electron chi connectivity index (χ3n) is 4.48. The highest BCUT2D eigenvalue weighted by Crippen LogP contribution is 2.29. The highest BCUT2D eigenvalue weighted by Gasteiger charge is 2.38. The van der Waals surface area contributed by atoms with E-state index in [4.69, 9.17) is 0 Å². The van der Waals surface area contributed by atoms with Gasteiger partial charge in [-0.2, -0.15) is 35.2 Å². The van der Waals surface area contributed by atoms with Crippen LogP contribution in [-0.2, 0) is 22.9 Å². The van der Waals surface area contributed by atoms with E-state index in [2.05, 4.69) is 14.7 Å². The van der Waals surface area contributed by atoms with Gasteiger partial charge in [0.2, 0.25) is 5.82 Å². The van der Waals surface area contributed by atoms with Crippen molar-refractivity contribution in [3.63, 3.8) is 0 Å². The van der Waals surface area contributed by atoms with Crippen molar-refractivity contribution in [1.82, 2.24) is 18.8 Å². The van der Waals surface area contributed by atoms with Crippen molar-refractivity contribution in [1.29, 1.82) is 0 Å². The second-order valence-electron chi connectivity index (χ2n) is 6.87. The normalized spacial score (nSPS) is 16.4. The maximum Gasteiger partial charge on any atom is 0.471 e. The molecule has 28 heavy (non-hydrogen) atoms. The van der Waals surface area contributed by atoms with E-state index in [1.165, 1.54) is 8.61 Å². The van der Waals surface area contributed by atoms with Crippen LogP contribution < -0.4 is 0 Å². The molecule has 2 heterocycles. The predicted molar refractivity (Wildman–Crippen MR) is 95.1 cm³/mol. The highest BCUT2D eigenvalue weighted by atomic mass is 32.2. The van der Waals surface area contributed by atoms with E-state index < -0.39 is 22.3 Å². The average molecular weight is 418 g/mol. The monoisotopic (exact) mass is 418 g/mol. The van der Waals surface area contributed by atoms with E-state index in [-0.39, 0.29) is 18.4 Å². The number of hydrogen-bond donors (Lipinski definition) is 0. The summed E-state index contributed by atoms with van der Waals surface area (Å²) in [6, 6.07) is 6.14. The molecule has 3 rings (SSSR count). The molecule has 0 atom stereocenters. The number of nitrogens with zero attached hydrogens (tertiary/aromatic N) is 4. The maximum atomic E-state index is 12.9. The first kappa shape index (κ1) is 20.7. The Morgan fingerprint density at radius 2 is 1.79 bits per heavy atom. The topological polar surface area (TPSA) is 79.5 Å². The summed E-state index contributed by atoms with van der Waals surface area (Å²) in [7, 11) is -3.57. The Kier molecular flexibility index (Phi) is 5.78. The lowest BCUT2D eigenvalue weighted by molar-refractivity contribution is -0.159. The lowest BCUT2D eigenvalue weighted by Crippen LogP contribution is -2.45. The smallest absolute Gasteiger partial charge is 0.329 e. The Hall–Kier alpha value is -1.98. The Balaban J connectivity index is 1.77. The van der Waals surface area contributed by atoms with Gasteiger partial charge in [-0.15, -0.1) is 0 Å². The van der Waals surface area contributed by atoms with Crippen LogP contribution in [0.4, 0.5) is 13.2 Å². The first-order valence-electron chi connectivity index (χ1n) is 8.86. The number of rotatable bonds is 6. The molecule has 1 aliphatic heterocycles. The molecule has 7 nitrogen and oxygen atoms in total. The number of benzene rings is 1. The van der Waals surface area contributed by atoms with Crippen molar-refractivity contribution in [3.05, 3.63) is 35.7 Å². The van der Waals surface area contributed by atoms with E-state index in [0.717, 1.165) is 12.8 Å². The summed E-state index contributed by atoms with van der Waals surface area (Å²) in [5.74, 6) is -1.58. The summed E-state index contributed by atoms with van der Waals surface area (Å²) >= 11 is 0. The number of halogens is 3. The molecule has 154 valence electrons. The van der Waals surface area contributed by atoms with Gasteiger partial charge < -0.3 is 4.52 Å². The van der Waals surface area contributed by atoms with Gasteiger partial charge in [-0.25, -0.2) is 0 Å². The van der Waals surface area contributed by atoms with Gasteiger partial charge in [0.1, 0.15) is 0 Å². The molecule has 0 unspecified atom stereocenters. The Labute approximate surface area is 161 Å². The van der Waals surface area contributed by atoms with Crippen molar-refractivity contribution in [2.24, 2.45) is 0 Å². The van der Waals surface area contributed by atoms with Crippen LogP contribution in [0, 0.1) is 0 Å². The zero-order valence-electron chi connectivity index (χ0n) is 15.5. The van der Waals surface area contributed by atoms with Crippen LogP contribution in [-0.4, -0.2) is 46.3 Å². The van der Waals surface area contributed by atoms with Gasteiger partial charge in [-0.05, 0) is 32.3 Å². The minimum atomic E-state index is -4.70. The van der Waals surface area contributed by atoms with Crippen LogP contribution in [0.3, 0.4) is 0 Å². The van der Waals surface area contributed by atoms with Gasteiger partial charge in [-0.1, -0.05) is 29.4 Å². The minimum absolute atomic E-state index is 0.164. The fourth-order valence-electron chi connectivity index (χ4n) is 2.99. The maximum absolute atomic E-state index is 12.9. The second kappa shape index (κ2) is 7.80. The lowest BCUT2D eigenvalue weighted by Gasteiger charge is -2.30. The van der Waals surface area contributed by atoms with Crippen molar-refractivity contribution >= 4 is 10.2 Å². The summed E-state index contributed by atoms with van der Waals surface area (Å²) in [6.07, 6.45) is -3.00. The number of alkyl halides is 3. The van der Waals surface area contributed by atoms with Crippen LogP contribution in [0.25, 0.3) is 11.4 Å². The van der Waals surface area contributed by atoms with Crippen molar-refractivity contribution < 1.29 is 26.1 Å². The molecule has 0 aliphatic carbocycles. The molecule has 1 aromatic heterocycles. The van der Waals surface area contributed by atoms with Gasteiger partial charge in [0.15, 0.2) is 0 Å². The average Bonchev–Trinajstić information content (AvgIpc) is 3.31. The molecule has 0 radical (unpaired) electrons. The predicted octanol–water partition coefficient (Wildman–Crippen LogP) is 3.31. The molecule has 0 spiro atoms. The molecule has 2 aromatic rings. The highest BCUT2D eigenvalue weighted by molar-refractivity contribution is 7.86. The second-order valence-corrected chi connectivity index (χ2v) is 8.75. The van der Waals surface area contributed by atoms with E-state index in [0.29, 0.717) is 24.2 Å². The first-order valence-corrected chi connectivity index (χ1v) is 10.3. The van der Waals surface area contributed by atoms with Crippen LogP contribution in [0.15, 0.2) is 28.8 Å². The summed E-state index contributed by atoms with van der Waals surface area (Å²) in [4.78, 5) is 3.35. The number of aromatic nitrogens is 2. The fraction of sp³-hybridized carbons (Fsp3) is 0.529. The Bertz CT molecular complexity index is 904. The third kappa shape index (κ3) is 4.36. The molecule has 1 fully saturated rings. The van der Waals surface area contributed by atoms with E-state index in [1.54, 1.807) is 38.1 Å². The SMILES string of the molecule is CC(C)N(Cc1ccc(-c2noc(C(F)(F)F)n2)cc1)S(=O)(=O)N1CCCC1. The largest absolute Gasteiger partial charge is 0.471 e. The molecule has 11 heteroatoms. The van der Waals surface area contributed by atoms with Crippen molar-refractivity contribution in [2.75, 3.05) is 13.1 Å². The Morgan fingerprint density at radius 3 is 2.29 bits per heavy atom. The van der Waals surface area contributed by atoms with Gasteiger partial charge in [0.05, 0.1) is 0 Å². The molecule has 1 saturated heterocycles. The quantitative estimate of drug-likeness (QED) is 0.719. The van der Waals surface area contributed by atoms with Crippen LogP contribution in [0.2, 0.25) is 0 Å². The zero-order chi connectivity index (χ0) is 20.5. The summed E-state index contributed by atoms with van der Waals surface area (Å²) < 4.78 is 70.6. The van der Waals surface area contributed by atoms with Crippen LogP contribution in [0.1, 0.15) is 38.1 Å². The minimum Gasteiger partial charge on any atom is -0.329 e. The van der Waals surface area contributed by atoms with Crippen molar-refractivity contribution in [2.45, 2.75) is 45.5 Å². The molecule has 0 bridgehead atoms. The molecule has 0 amide bonds. The van der Waals surface area contributed by atoms with E-state index >= 15 is 0 Å². The lowest BCUT2D eigenvalue weighted by atomic mass is 10.1. The summed E-state index contributed by atoms with van der Waals surface area (Å²) in [6.45, 7) is 4.81. The van der Waals surface area contributed by atoms with Gasteiger partial charge in [0.25, 0.3) is 10.2 Å². The molecular formula is C17H21F3N4O3S.